The van der Waals surface area contributed by atoms with Gasteiger partial charge in [-0.3, -0.25) is 4.79 Å². The van der Waals surface area contributed by atoms with E-state index in [-0.39, 0.29) is 5.78 Å². The second-order valence-electron chi connectivity index (χ2n) is 4.91. The summed E-state index contributed by atoms with van der Waals surface area (Å²) in [4.78, 5) is 11.3. The van der Waals surface area contributed by atoms with E-state index in [9.17, 15) is 4.79 Å². The number of Topliss-reactive ketones (excluding diaryl/α,β-unsaturated/α-hetero) is 1. The standard InChI is InChI=1S/C15H20O2/c1-11-10-13(12(2)16)8-9-15(11)17-14-6-4-3-5-7-14/h8-10,14H,3-7H2,1-2H3. The quantitative estimate of drug-likeness (QED) is 0.738. The molecule has 2 rings (SSSR count). The Labute approximate surface area is 103 Å². The zero-order valence-corrected chi connectivity index (χ0v) is 10.7. The van der Waals surface area contributed by atoms with E-state index >= 15 is 0 Å². The first kappa shape index (κ1) is 12.2. The van der Waals surface area contributed by atoms with Gasteiger partial charge in [-0.25, -0.2) is 0 Å². The molecule has 2 nitrogen and oxygen atoms in total. The predicted octanol–water partition coefficient (Wildman–Crippen LogP) is 3.91. The lowest BCUT2D eigenvalue weighted by Crippen LogP contribution is -2.20. The lowest BCUT2D eigenvalue weighted by Gasteiger charge is -2.24. The van der Waals surface area contributed by atoms with E-state index in [1.807, 2.05) is 25.1 Å². The number of benzene rings is 1. The molecule has 1 aliphatic carbocycles. The monoisotopic (exact) mass is 232 g/mol. The normalized spacial score (nSPS) is 16.8. The molecule has 0 aliphatic heterocycles. The lowest BCUT2D eigenvalue weighted by atomic mass is 9.97. The van der Waals surface area contributed by atoms with Crippen molar-refractivity contribution in [2.24, 2.45) is 0 Å². The van der Waals surface area contributed by atoms with Crippen molar-refractivity contribution in [2.45, 2.75) is 52.1 Å². The molecule has 0 heterocycles. The summed E-state index contributed by atoms with van der Waals surface area (Å²) in [5.74, 6) is 1.04. The SMILES string of the molecule is CC(=O)c1ccc(OC2CCCCC2)c(C)c1. The van der Waals surface area contributed by atoms with Gasteiger partial charge in [0.2, 0.25) is 0 Å². The summed E-state index contributed by atoms with van der Waals surface area (Å²) in [6.07, 6.45) is 6.57. The zero-order valence-electron chi connectivity index (χ0n) is 10.7. The van der Waals surface area contributed by atoms with Crippen LogP contribution < -0.4 is 4.74 Å². The predicted molar refractivity (Wildman–Crippen MR) is 68.7 cm³/mol. The van der Waals surface area contributed by atoms with Crippen LogP contribution in [-0.2, 0) is 0 Å². The summed E-state index contributed by atoms with van der Waals surface area (Å²) in [6, 6.07) is 5.70. The number of rotatable bonds is 3. The van der Waals surface area contributed by atoms with Crippen molar-refractivity contribution in [1.29, 1.82) is 0 Å². The number of aryl methyl sites for hydroxylation is 1. The van der Waals surface area contributed by atoms with Gasteiger partial charge in [0.15, 0.2) is 5.78 Å². The molecule has 1 aliphatic rings. The third kappa shape index (κ3) is 3.09. The second-order valence-corrected chi connectivity index (χ2v) is 4.91. The average molecular weight is 232 g/mol. The Kier molecular flexibility index (Phi) is 3.82. The van der Waals surface area contributed by atoms with Crippen LogP contribution in [0.1, 0.15) is 54.9 Å². The van der Waals surface area contributed by atoms with E-state index in [2.05, 4.69) is 0 Å². The molecule has 0 spiro atoms. The molecule has 92 valence electrons. The van der Waals surface area contributed by atoms with Crippen LogP contribution in [0.4, 0.5) is 0 Å². The smallest absolute Gasteiger partial charge is 0.159 e. The van der Waals surface area contributed by atoms with Crippen LogP contribution in [0.5, 0.6) is 5.75 Å². The molecule has 1 aromatic carbocycles. The molecule has 0 radical (unpaired) electrons. The minimum Gasteiger partial charge on any atom is -0.490 e. The Morgan fingerprint density at radius 1 is 1.24 bits per heavy atom. The molecule has 1 fully saturated rings. The van der Waals surface area contributed by atoms with Crippen molar-refractivity contribution < 1.29 is 9.53 Å². The number of carbonyl (C=O) groups is 1. The van der Waals surface area contributed by atoms with Crippen molar-refractivity contribution >= 4 is 5.78 Å². The first-order valence-electron chi connectivity index (χ1n) is 6.45. The highest BCUT2D eigenvalue weighted by molar-refractivity contribution is 5.94. The van der Waals surface area contributed by atoms with Crippen LogP contribution in [0.3, 0.4) is 0 Å². The first-order valence-corrected chi connectivity index (χ1v) is 6.45. The van der Waals surface area contributed by atoms with Gasteiger partial charge in [-0.15, -0.1) is 0 Å². The third-order valence-electron chi connectivity index (χ3n) is 3.43. The molecule has 0 bridgehead atoms. The number of ketones is 1. The van der Waals surface area contributed by atoms with E-state index < -0.39 is 0 Å². The van der Waals surface area contributed by atoms with Gasteiger partial charge in [0.1, 0.15) is 5.75 Å². The summed E-state index contributed by atoms with van der Waals surface area (Å²) < 4.78 is 6.01. The highest BCUT2D eigenvalue weighted by Gasteiger charge is 2.15. The van der Waals surface area contributed by atoms with Gasteiger partial charge in [-0.2, -0.15) is 0 Å². The summed E-state index contributed by atoms with van der Waals surface area (Å²) in [6.45, 7) is 3.60. The van der Waals surface area contributed by atoms with Crippen molar-refractivity contribution in [2.75, 3.05) is 0 Å². The zero-order chi connectivity index (χ0) is 12.3. The number of ether oxygens (including phenoxy) is 1. The van der Waals surface area contributed by atoms with Crippen molar-refractivity contribution in [3.63, 3.8) is 0 Å². The largest absolute Gasteiger partial charge is 0.490 e. The Morgan fingerprint density at radius 3 is 2.53 bits per heavy atom. The van der Waals surface area contributed by atoms with Gasteiger partial charge in [0, 0.05) is 5.56 Å². The molecule has 1 aromatic rings. The molecule has 0 amide bonds. The summed E-state index contributed by atoms with van der Waals surface area (Å²) in [5.41, 5.74) is 1.82. The maximum absolute atomic E-state index is 11.3. The Morgan fingerprint density at radius 2 is 1.94 bits per heavy atom. The van der Waals surface area contributed by atoms with Crippen LogP contribution in [0.15, 0.2) is 18.2 Å². The Hall–Kier alpha value is -1.31. The highest BCUT2D eigenvalue weighted by Crippen LogP contribution is 2.26. The molecule has 1 saturated carbocycles. The van der Waals surface area contributed by atoms with Crippen molar-refractivity contribution in [3.8, 4) is 5.75 Å². The van der Waals surface area contributed by atoms with Crippen LogP contribution >= 0.6 is 0 Å². The summed E-state index contributed by atoms with van der Waals surface area (Å²) in [7, 11) is 0. The van der Waals surface area contributed by atoms with Gasteiger partial charge in [0.25, 0.3) is 0 Å². The fourth-order valence-corrected chi connectivity index (χ4v) is 2.36. The average Bonchev–Trinajstić information content (AvgIpc) is 2.33. The topological polar surface area (TPSA) is 26.3 Å². The lowest BCUT2D eigenvalue weighted by molar-refractivity contribution is 0.101. The maximum Gasteiger partial charge on any atom is 0.159 e. The van der Waals surface area contributed by atoms with Crippen LogP contribution in [-0.4, -0.2) is 11.9 Å². The minimum atomic E-state index is 0.109. The minimum absolute atomic E-state index is 0.109. The maximum atomic E-state index is 11.3. The molecule has 17 heavy (non-hydrogen) atoms. The molecular formula is C15H20O2. The summed E-state index contributed by atoms with van der Waals surface area (Å²) >= 11 is 0. The van der Waals surface area contributed by atoms with E-state index in [0.29, 0.717) is 6.10 Å². The van der Waals surface area contributed by atoms with Gasteiger partial charge < -0.3 is 4.74 Å². The van der Waals surface area contributed by atoms with Crippen LogP contribution in [0.2, 0.25) is 0 Å². The molecule has 2 heteroatoms. The van der Waals surface area contributed by atoms with Gasteiger partial charge in [-0.05, 0) is 63.3 Å². The van der Waals surface area contributed by atoms with Crippen LogP contribution in [0, 0.1) is 6.92 Å². The molecule has 0 N–H and O–H groups in total. The number of hydrogen-bond acceptors (Lipinski definition) is 2. The van der Waals surface area contributed by atoms with E-state index in [0.717, 1.165) is 29.7 Å². The van der Waals surface area contributed by atoms with E-state index in [4.69, 9.17) is 4.74 Å². The molecule has 0 aromatic heterocycles. The first-order chi connectivity index (χ1) is 8.16. The van der Waals surface area contributed by atoms with E-state index in [1.54, 1.807) is 6.92 Å². The molecular weight excluding hydrogens is 212 g/mol. The second kappa shape index (κ2) is 5.35. The van der Waals surface area contributed by atoms with Crippen molar-refractivity contribution in [3.05, 3.63) is 29.3 Å². The fraction of sp³-hybridized carbons (Fsp3) is 0.533. The van der Waals surface area contributed by atoms with Crippen molar-refractivity contribution in [1.82, 2.24) is 0 Å². The van der Waals surface area contributed by atoms with Crippen LogP contribution in [0.25, 0.3) is 0 Å². The van der Waals surface area contributed by atoms with Gasteiger partial charge >= 0.3 is 0 Å². The highest BCUT2D eigenvalue weighted by atomic mass is 16.5. The fourth-order valence-electron chi connectivity index (χ4n) is 2.36. The Bertz CT molecular complexity index is 403. The van der Waals surface area contributed by atoms with Gasteiger partial charge in [0.05, 0.1) is 6.10 Å². The third-order valence-corrected chi connectivity index (χ3v) is 3.43. The molecule has 0 unspecified atom stereocenters. The van der Waals surface area contributed by atoms with E-state index in [1.165, 1.54) is 19.3 Å². The molecule has 0 atom stereocenters. The summed E-state index contributed by atoms with van der Waals surface area (Å²) in [5, 5.41) is 0. The Balaban J connectivity index is 2.08. The van der Waals surface area contributed by atoms with Gasteiger partial charge in [-0.1, -0.05) is 6.42 Å². The molecule has 0 saturated heterocycles. The number of carbonyl (C=O) groups excluding carboxylic acids is 1. The number of hydrogen-bond donors (Lipinski definition) is 0.